The number of hydrogen-bond donors (Lipinski definition) is 0. The lowest BCUT2D eigenvalue weighted by molar-refractivity contribution is 0.101. The molecule has 0 aliphatic carbocycles. The molecule has 2 aliphatic rings. The van der Waals surface area contributed by atoms with E-state index >= 15 is 0 Å². The van der Waals surface area contributed by atoms with Gasteiger partial charge in [-0.05, 0) is 44.8 Å². The zero-order valence-corrected chi connectivity index (χ0v) is 10.8. The van der Waals surface area contributed by atoms with E-state index in [1.807, 2.05) is 6.07 Å². The standard InChI is InChI=1S/C14H20N2O2/c1-15-7-2-3-11-9-16(8-6-13(11)15)14-5-4-12(10-17)18-14/h4-5,10-11,13H,2-3,6-9H2,1H3. The summed E-state index contributed by atoms with van der Waals surface area (Å²) in [4.78, 5) is 15.4. The summed E-state index contributed by atoms with van der Waals surface area (Å²) < 4.78 is 5.52. The number of furan rings is 1. The molecule has 0 bridgehead atoms. The van der Waals surface area contributed by atoms with E-state index in [0.29, 0.717) is 5.76 Å². The summed E-state index contributed by atoms with van der Waals surface area (Å²) in [5.74, 6) is 2.01. The fourth-order valence-corrected chi connectivity index (χ4v) is 3.43. The van der Waals surface area contributed by atoms with Crippen molar-refractivity contribution in [3.8, 4) is 0 Å². The van der Waals surface area contributed by atoms with Gasteiger partial charge in [0, 0.05) is 25.2 Å². The maximum Gasteiger partial charge on any atom is 0.196 e. The Labute approximate surface area is 108 Å². The summed E-state index contributed by atoms with van der Waals surface area (Å²) in [5, 5.41) is 0. The zero-order valence-electron chi connectivity index (χ0n) is 10.8. The molecule has 18 heavy (non-hydrogen) atoms. The quantitative estimate of drug-likeness (QED) is 0.750. The van der Waals surface area contributed by atoms with Gasteiger partial charge < -0.3 is 14.2 Å². The molecular weight excluding hydrogens is 228 g/mol. The minimum absolute atomic E-state index is 0.424. The summed E-state index contributed by atoms with van der Waals surface area (Å²) in [5.41, 5.74) is 0. The molecule has 2 saturated heterocycles. The average Bonchev–Trinajstić information content (AvgIpc) is 2.87. The molecule has 98 valence electrons. The summed E-state index contributed by atoms with van der Waals surface area (Å²) in [6.45, 7) is 3.31. The molecule has 1 aromatic heterocycles. The molecule has 1 aromatic rings. The van der Waals surface area contributed by atoms with Crippen LogP contribution in [-0.4, -0.2) is 43.9 Å². The second-order valence-corrected chi connectivity index (χ2v) is 5.48. The highest BCUT2D eigenvalue weighted by atomic mass is 16.4. The molecule has 3 heterocycles. The Hall–Kier alpha value is -1.29. The van der Waals surface area contributed by atoms with Crippen molar-refractivity contribution in [2.75, 3.05) is 31.6 Å². The van der Waals surface area contributed by atoms with Crippen LogP contribution in [0.5, 0.6) is 0 Å². The predicted molar refractivity (Wildman–Crippen MR) is 70.1 cm³/mol. The smallest absolute Gasteiger partial charge is 0.196 e. The Morgan fingerprint density at radius 3 is 3.00 bits per heavy atom. The third-order valence-corrected chi connectivity index (χ3v) is 4.39. The fraction of sp³-hybridized carbons (Fsp3) is 0.643. The van der Waals surface area contributed by atoms with Crippen LogP contribution in [0.4, 0.5) is 5.88 Å². The number of piperidine rings is 2. The molecule has 0 N–H and O–H groups in total. The van der Waals surface area contributed by atoms with E-state index in [9.17, 15) is 4.79 Å². The summed E-state index contributed by atoms with van der Waals surface area (Å²) in [6.07, 6.45) is 4.57. The first kappa shape index (κ1) is 11.8. The van der Waals surface area contributed by atoms with E-state index < -0.39 is 0 Å². The van der Waals surface area contributed by atoms with Crippen molar-refractivity contribution in [2.24, 2.45) is 5.92 Å². The maximum absolute atomic E-state index is 10.7. The Morgan fingerprint density at radius 1 is 1.33 bits per heavy atom. The molecule has 2 fully saturated rings. The highest BCUT2D eigenvalue weighted by Crippen LogP contribution is 2.32. The van der Waals surface area contributed by atoms with Crippen molar-refractivity contribution >= 4 is 12.2 Å². The second kappa shape index (κ2) is 4.76. The molecule has 2 atom stereocenters. The van der Waals surface area contributed by atoms with Crippen LogP contribution in [-0.2, 0) is 0 Å². The molecule has 4 heteroatoms. The van der Waals surface area contributed by atoms with Gasteiger partial charge in [-0.3, -0.25) is 4.79 Å². The van der Waals surface area contributed by atoms with Crippen LogP contribution in [0.1, 0.15) is 29.8 Å². The molecular formula is C14H20N2O2. The number of rotatable bonds is 2. The van der Waals surface area contributed by atoms with Crippen molar-refractivity contribution in [2.45, 2.75) is 25.3 Å². The van der Waals surface area contributed by atoms with Gasteiger partial charge >= 0.3 is 0 Å². The minimum Gasteiger partial charge on any atom is -0.438 e. The SMILES string of the molecule is CN1CCCC2CN(c3ccc(C=O)o3)CCC21. The van der Waals surface area contributed by atoms with Gasteiger partial charge in [0.1, 0.15) is 0 Å². The van der Waals surface area contributed by atoms with Gasteiger partial charge in [0.05, 0.1) is 0 Å². The lowest BCUT2D eigenvalue weighted by atomic mass is 9.84. The van der Waals surface area contributed by atoms with Gasteiger partial charge in [-0.25, -0.2) is 0 Å². The van der Waals surface area contributed by atoms with Crippen molar-refractivity contribution in [3.05, 3.63) is 17.9 Å². The first-order valence-electron chi connectivity index (χ1n) is 6.78. The summed E-state index contributed by atoms with van der Waals surface area (Å²) in [6, 6.07) is 4.40. The van der Waals surface area contributed by atoms with Crippen molar-refractivity contribution in [3.63, 3.8) is 0 Å². The van der Waals surface area contributed by atoms with Crippen molar-refractivity contribution < 1.29 is 9.21 Å². The number of carbonyl (C=O) groups is 1. The zero-order chi connectivity index (χ0) is 12.5. The Bertz CT molecular complexity index is 429. The number of aldehydes is 1. The number of likely N-dealkylation sites (tertiary alicyclic amines) is 1. The monoisotopic (exact) mass is 248 g/mol. The molecule has 0 saturated carbocycles. The molecule has 0 spiro atoms. The third-order valence-electron chi connectivity index (χ3n) is 4.39. The first-order chi connectivity index (χ1) is 8.78. The number of fused-ring (bicyclic) bond motifs is 1. The van der Waals surface area contributed by atoms with Crippen LogP contribution in [0, 0.1) is 5.92 Å². The molecule has 0 radical (unpaired) electrons. The Kier molecular flexibility index (Phi) is 3.12. The number of anilines is 1. The van der Waals surface area contributed by atoms with E-state index in [1.54, 1.807) is 6.07 Å². The van der Waals surface area contributed by atoms with E-state index in [1.165, 1.54) is 25.8 Å². The second-order valence-electron chi connectivity index (χ2n) is 5.48. The molecule has 0 aromatic carbocycles. The molecule has 3 rings (SSSR count). The first-order valence-corrected chi connectivity index (χ1v) is 6.78. The number of carbonyl (C=O) groups excluding carboxylic acids is 1. The Balaban J connectivity index is 1.71. The largest absolute Gasteiger partial charge is 0.438 e. The van der Waals surface area contributed by atoms with E-state index in [2.05, 4.69) is 16.8 Å². The van der Waals surface area contributed by atoms with Gasteiger partial charge in [0.2, 0.25) is 0 Å². The van der Waals surface area contributed by atoms with Crippen molar-refractivity contribution in [1.82, 2.24) is 4.90 Å². The van der Waals surface area contributed by atoms with Gasteiger partial charge in [0.25, 0.3) is 0 Å². The van der Waals surface area contributed by atoms with Crippen LogP contribution in [0.25, 0.3) is 0 Å². The van der Waals surface area contributed by atoms with Gasteiger partial charge in [-0.2, -0.15) is 0 Å². The maximum atomic E-state index is 10.7. The van der Waals surface area contributed by atoms with Crippen LogP contribution >= 0.6 is 0 Å². The molecule has 0 amide bonds. The van der Waals surface area contributed by atoms with Crippen LogP contribution in [0.3, 0.4) is 0 Å². The fourth-order valence-electron chi connectivity index (χ4n) is 3.43. The number of hydrogen-bond acceptors (Lipinski definition) is 4. The molecule has 4 nitrogen and oxygen atoms in total. The van der Waals surface area contributed by atoms with Gasteiger partial charge in [0.15, 0.2) is 17.9 Å². The normalized spacial score (nSPS) is 29.1. The lowest BCUT2D eigenvalue weighted by Gasteiger charge is -2.45. The van der Waals surface area contributed by atoms with Gasteiger partial charge in [-0.15, -0.1) is 0 Å². The highest BCUT2D eigenvalue weighted by molar-refractivity contribution is 5.71. The topological polar surface area (TPSA) is 36.7 Å². The molecule has 2 unspecified atom stereocenters. The molecule has 2 aliphatic heterocycles. The average molecular weight is 248 g/mol. The van der Waals surface area contributed by atoms with E-state index in [0.717, 1.165) is 37.2 Å². The lowest BCUT2D eigenvalue weighted by Crippen LogP contribution is -2.52. The van der Waals surface area contributed by atoms with Gasteiger partial charge in [-0.1, -0.05) is 0 Å². The van der Waals surface area contributed by atoms with Crippen molar-refractivity contribution in [1.29, 1.82) is 0 Å². The van der Waals surface area contributed by atoms with E-state index in [-0.39, 0.29) is 0 Å². The third kappa shape index (κ3) is 2.05. The summed E-state index contributed by atoms with van der Waals surface area (Å²) in [7, 11) is 2.24. The van der Waals surface area contributed by atoms with Crippen LogP contribution in [0.2, 0.25) is 0 Å². The minimum atomic E-state index is 0.424. The van der Waals surface area contributed by atoms with Crippen LogP contribution < -0.4 is 4.90 Å². The van der Waals surface area contributed by atoms with E-state index in [4.69, 9.17) is 4.42 Å². The predicted octanol–water partition coefficient (Wildman–Crippen LogP) is 2.01. The number of nitrogens with zero attached hydrogens (tertiary/aromatic N) is 2. The highest BCUT2D eigenvalue weighted by Gasteiger charge is 2.34. The van der Waals surface area contributed by atoms with Crippen LogP contribution in [0.15, 0.2) is 16.5 Å². The Morgan fingerprint density at radius 2 is 2.22 bits per heavy atom. The summed E-state index contributed by atoms with van der Waals surface area (Å²) >= 11 is 0.